The van der Waals surface area contributed by atoms with Gasteiger partial charge in [-0.05, 0) is 55.9 Å². The summed E-state index contributed by atoms with van der Waals surface area (Å²) in [6.45, 7) is 4.42. The van der Waals surface area contributed by atoms with Crippen LogP contribution in [0.15, 0.2) is 36.7 Å². The maximum absolute atomic E-state index is 14.8. The first-order chi connectivity index (χ1) is 21.2. The Balaban J connectivity index is 1.45. The topological polar surface area (TPSA) is 84.3 Å². The van der Waals surface area contributed by atoms with Crippen molar-refractivity contribution in [1.29, 1.82) is 0 Å². The van der Waals surface area contributed by atoms with Crippen molar-refractivity contribution in [3.8, 4) is 29.0 Å². The number of hydrogen-bond donors (Lipinski definition) is 2. The van der Waals surface area contributed by atoms with E-state index < -0.39 is 32.0 Å². The fraction of sp³-hybridized carbons (Fsp3) is 0.419. The molecule has 0 amide bonds. The molecule has 1 aliphatic rings. The first-order valence-corrected chi connectivity index (χ1v) is 17.7. The van der Waals surface area contributed by atoms with E-state index in [2.05, 4.69) is 32.6 Å². The van der Waals surface area contributed by atoms with Gasteiger partial charge in [-0.3, -0.25) is 4.68 Å². The fourth-order valence-corrected chi connectivity index (χ4v) is 7.75. The summed E-state index contributed by atoms with van der Waals surface area (Å²) in [4.78, 5) is 6.54. The van der Waals surface area contributed by atoms with Crippen LogP contribution in [0, 0.1) is 11.8 Å². The van der Waals surface area contributed by atoms with Crippen LogP contribution in [0.2, 0.25) is 0 Å². The molecule has 1 saturated heterocycles. The molecule has 0 bridgehead atoms. The van der Waals surface area contributed by atoms with Crippen molar-refractivity contribution in [3.63, 3.8) is 0 Å². The van der Waals surface area contributed by atoms with Crippen LogP contribution in [0.5, 0.6) is 5.75 Å². The van der Waals surface area contributed by atoms with Crippen LogP contribution in [-0.2, 0) is 18.0 Å². The SMILES string of the molecule is COc1cc(P(C)(C)=O)c(-c2ncn(C)n2)cc1NCC#Cc1sc2c(N[C@H]3CCN(C)C[C@H]3F)cccc2c1CC(F)(F)F. The molecule has 4 aromatic rings. The van der Waals surface area contributed by atoms with Gasteiger partial charge >= 0.3 is 6.18 Å². The lowest BCUT2D eigenvalue weighted by Gasteiger charge is -2.33. The largest absolute Gasteiger partial charge is 0.495 e. The summed E-state index contributed by atoms with van der Waals surface area (Å²) in [6, 6.07) is 8.13. The maximum atomic E-state index is 14.8. The molecule has 2 aromatic heterocycles. The molecule has 0 unspecified atom stereocenters. The van der Waals surface area contributed by atoms with Crippen LogP contribution in [0.1, 0.15) is 16.9 Å². The summed E-state index contributed by atoms with van der Waals surface area (Å²) in [5, 5.41) is 11.8. The molecule has 1 fully saturated rings. The Kier molecular flexibility index (Phi) is 9.49. The third kappa shape index (κ3) is 7.63. The van der Waals surface area contributed by atoms with E-state index in [1.165, 1.54) is 18.4 Å². The Hall–Kier alpha value is -3.59. The van der Waals surface area contributed by atoms with Gasteiger partial charge in [0, 0.05) is 31.0 Å². The molecule has 0 radical (unpaired) electrons. The third-order valence-electron chi connectivity index (χ3n) is 7.59. The minimum Gasteiger partial charge on any atom is -0.495 e. The molecular formula is C31H35F4N6O2PS. The summed E-state index contributed by atoms with van der Waals surface area (Å²) in [5.41, 5.74) is 1.83. The number of piperidine rings is 1. The molecule has 0 spiro atoms. The number of fused-ring (bicyclic) bond motifs is 1. The third-order valence-corrected chi connectivity index (χ3v) is 10.3. The number of likely N-dealkylation sites (tertiary alicyclic amines) is 1. The molecule has 1 aliphatic heterocycles. The van der Waals surface area contributed by atoms with E-state index in [-0.39, 0.29) is 12.1 Å². The molecule has 3 heterocycles. The fourth-order valence-electron chi connectivity index (χ4n) is 5.41. The smallest absolute Gasteiger partial charge is 0.393 e. The number of methoxy groups -OCH3 is 1. The number of hydrogen-bond acceptors (Lipinski definition) is 8. The number of ether oxygens (including phenoxy) is 1. The van der Waals surface area contributed by atoms with Gasteiger partial charge in [-0.1, -0.05) is 24.0 Å². The van der Waals surface area contributed by atoms with Gasteiger partial charge in [0.2, 0.25) is 0 Å². The number of rotatable bonds is 8. The van der Waals surface area contributed by atoms with Crippen molar-refractivity contribution >= 4 is 45.2 Å². The van der Waals surface area contributed by atoms with Crippen molar-refractivity contribution in [2.24, 2.45) is 7.05 Å². The van der Waals surface area contributed by atoms with Crippen molar-refractivity contribution in [3.05, 3.63) is 47.1 Å². The number of aromatic nitrogens is 3. The standard InChI is InChI=1S/C31H35F4N6O2PS/c1-40-13-11-23(22(32)17-40)38-24-9-6-8-19-21(16-31(33,34)35)28(45-29(19)24)10-7-12-36-25-14-20(30-37-18-41(2)39-30)27(44(4,5)42)15-26(25)43-3/h6,8-9,14-15,18,22-23,36,38H,11-13,16-17H2,1-5H3/t22-,23+/m1/s1. The van der Waals surface area contributed by atoms with E-state index in [0.717, 1.165) is 6.54 Å². The molecule has 45 heavy (non-hydrogen) atoms. The molecule has 240 valence electrons. The van der Waals surface area contributed by atoms with Gasteiger partial charge in [0.05, 0.1) is 47.1 Å². The average molecular weight is 663 g/mol. The highest BCUT2D eigenvalue weighted by molar-refractivity contribution is 7.70. The van der Waals surface area contributed by atoms with E-state index in [1.807, 2.05) is 11.9 Å². The van der Waals surface area contributed by atoms with Gasteiger partial charge < -0.3 is 24.8 Å². The molecular weight excluding hydrogens is 627 g/mol. The Morgan fingerprint density at radius 1 is 1.20 bits per heavy atom. The van der Waals surface area contributed by atoms with Gasteiger partial charge in [0.15, 0.2) is 5.82 Å². The first kappa shape index (κ1) is 32.8. The lowest BCUT2D eigenvalue weighted by molar-refractivity contribution is -0.126. The number of aryl methyl sites for hydroxylation is 1. The Morgan fingerprint density at radius 3 is 2.62 bits per heavy atom. The van der Waals surface area contributed by atoms with Gasteiger partial charge in [-0.15, -0.1) is 11.3 Å². The highest BCUT2D eigenvalue weighted by Gasteiger charge is 2.32. The highest BCUT2D eigenvalue weighted by atomic mass is 32.1. The second-order valence-corrected chi connectivity index (χ2v) is 15.7. The highest BCUT2D eigenvalue weighted by Crippen LogP contribution is 2.42. The number of anilines is 2. The van der Waals surface area contributed by atoms with Crippen LogP contribution in [0.4, 0.5) is 28.9 Å². The Morgan fingerprint density at radius 2 is 1.98 bits per heavy atom. The van der Waals surface area contributed by atoms with Crippen molar-refractivity contribution in [2.45, 2.75) is 31.2 Å². The molecule has 14 heteroatoms. The second-order valence-electron chi connectivity index (χ2n) is 11.5. The zero-order valence-corrected chi connectivity index (χ0v) is 27.3. The van der Waals surface area contributed by atoms with Crippen molar-refractivity contribution in [1.82, 2.24) is 19.7 Å². The van der Waals surface area contributed by atoms with E-state index in [1.54, 1.807) is 61.7 Å². The number of nitrogens with zero attached hydrogens (tertiary/aromatic N) is 4. The lowest BCUT2D eigenvalue weighted by atomic mass is 10.0. The summed E-state index contributed by atoms with van der Waals surface area (Å²) in [6.07, 6.45) is -4.53. The van der Waals surface area contributed by atoms with E-state index >= 15 is 0 Å². The number of alkyl halides is 4. The summed E-state index contributed by atoms with van der Waals surface area (Å²) in [7, 11) is 2.34. The van der Waals surface area contributed by atoms with Gasteiger partial charge in [-0.25, -0.2) is 9.37 Å². The van der Waals surface area contributed by atoms with E-state index in [9.17, 15) is 22.1 Å². The molecule has 0 saturated carbocycles. The summed E-state index contributed by atoms with van der Waals surface area (Å²) < 4.78 is 76.7. The van der Waals surface area contributed by atoms with E-state index in [0.29, 0.717) is 61.7 Å². The zero-order valence-electron chi connectivity index (χ0n) is 25.6. The van der Waals surface area contributed by atoms with Crippen LogP contribution >= 0.6 is 18.5 Å². The number of halogens is 4. The Bertz CT molecular complexity index is 1810. The van der Waals surface area contributed by atoms with Crippen LogP contribution in [0.3, 0.4) is 0 Å². The molecule has 8 nitrogen and oxygen atoms in total. The Labute approximate surface area is 263 Å². The number of thiophene rings is 1. The molecule has 2 N–H and O–H groups in total. The quantitative estimate of drug-likeness (QED) is 0.137. The predicted octanol–water partition coefficient (Wildman–Crippen LogP) is 5.98. The van der Waals surface area contributed by atoms with Crippen LogP contribution in [0.25, 0.3) is 21.5 Å². The molecule has 2 aromatic carbocycles. The number of benzene rings is 2. The molecule has 2 atom stereocenters. The lowest BCUT2D eigenvalue weighted by Crippen LogP contribution is -2.46. The van der Waals surface area contributed by atoms with Crippen molar-refractivity contribution in [2.75, 3.05) is 57.8 Å². The first-order valence-electron chi connectivity index (χ1n) is 14.3. The second kappa shape index (κ2) is 13.0. The predicted molar refractivity (Wildman–Crippen MR) is 173 cm³/mol. The molecule has 5 rings (SSSR count). The monoisotopic (exact) mass is 662 g/mol. The van der Waals surface area contributed by atoms with E-state index in [4.69, 9.17) is 4.74 Å². The normalized spacial score (nSPS) is 17.6. The maximum Gasteiger partial charge on any atom is 0.393 e. The minimum atomic E-state index is -4.44. The molecule has 0 aliphatic carbocycles. The summed E-state index contributed by atoms with van der Waals surface area (Å²) >= 11 is 1.17. The van der Waals surface area contributed by atoms with Gasteiger partial charge in [0.1, 0.15) is 25.4 Å². The van der Waals surface area contributed by atoms with Crippen molar-refractivity contribution < 1.29 is 26.9 Å². The average Bonchev–Trinajstić information content (AvgIpc) is 3.54. The van der Waals surface area contributed by atoms with Crippen LogP contribution < -0.4 is 20.7 Å². The van der Waals surface area contributed by atoms with Crippen LogP contribution in [-0.4, -0.2) is 85.2 Å². The summed E-state index contributed by atoms with van der Waals surface area (Å²) in [5.74, 6) is 6.75. The minimum absolute atomic E-state index is 0.0879. The zero-order chi connectivity index (χ0) is 32.5. The number of nitrogens with one attached hydrogen (secondary N) is 2. The van der Waals surface area contributed by atoms with Gasteiger partial charge in [-0.2, -0.15) is 18.3 Å². The van der Waals surface area contributed by atoms with Gasteiger partial charge in [0.25, 0.3) is 0 Å².